The Morgan fingerprint density at radius 2 is 1.91 bits per heavy atom. The molecule has 0 bridgehead atoms. The number of pyridine rings is 1. The van der Waals surface area contributed by atoms with E-state index in [1.165, 1.54) is 6.07 Å². The smallest absolute Gasteiger partial charge is 0.303 e. The molecule has 4 aromatic rings. The number of anilines is 1. The second-order valence-electron chi connectivity index (χ2n) is 8.37. The lowest BCUT2D eigenvalue weighted by Crippen LogP contribution is -2.34. The molecule has 6 nitrogen and oxygen atoms in total. The summed E-state index contributed by atoms with van der Waals surface area (Å²) < 4.78 is 15.0. The quantitative estimate of drug-likeness (QED) is 0.391. The fourth-order valence-corrected chi connectivity index (χ4v) is 4.53. The number of halogens is 2. The Bertz CT molecular complexity index is 1310. The number of piperidine rings is 1. The molecule has 0 radical (unpaired) electrons. The monoisotopic (exact) mass is 464 g/mol. The first kappa shape index (κ1) is 21.4. The van der Waals surface area contributed by atoms with Crippen LogP contribution in [-0.4, -0.2) is 39.1 Å². The second kappa shape index (κ2) is 8.83. The molecule has 0 saturated carbocycles. The van der Waals surface area contributed by atoms with Crippen LogP contribution in [0.2, 0.25) is 5.02 Å². The van der Waals surface area contributed by atoms with Crippen LogP contribution in [0.15, 0.2) is 54.7 Å². The summed E-state index contributed by atoms with van der Waals surface area (Å²) in [7, 11) is 0. The molecule has 168 valence electrons. The minimum Gasteiger partial charge on any atom is -0.481 e. The lowest BCUT2D eigenvalue weighted by Gasteiger charge is -2.32. The van der Waals surface area contributed by atoms with Crippen LogP contribution in [0.25, 0.3) is 33.5 Å². The van der Waals surface area contributed by atoms with Gasteiger partial charge in [-0.25, -0.2) is 14.4 Å². The van der Waals surface area contributed by atoms with Gasteiger partial charge in [-0.15, -0.1) is 0 Å². The zero-order valence-electron chi connectivity index (χ0n) is 17.8. The summed E-state index contributed by atoms with van der Waals surface area (Å²) in [4.78, 5) is 25.2. The lowest BCUT2D eigenvalue weighted by molar-refractivity contribution is -0.138. The van der Waals surface area contributed by atoms with Crippen molar-refractivity contribution in [1.82, 2.24) is 15.0 Å². The molecule has 3 heterocycles. The van der Waals surface area contributed by atoms with E-state index in [4.69, 9.17) is 16.7 Å². The highest BCUT2D eigenvalue weighted by atomic mass is 35.5. The number of nitrogens with one attached hydrogen (secondary N) is 1. The van der Waals surface area contributed by atoms with Gasteiger partial charge in [0.25, 0.3) is 0 Å². The van der Waals surface area contributed by atoms with Gasteiger partial charge in [-0.3, -0.25) is 4.79 Å². The zero-order valence-corrected chi connectivity index (χ0v) is 18.5. The summed E-state index contributed by atoms with van der Waals surface area (Å²) >= 11 is 6.03. The van der Waals surface area contributed by atoms with Crippen molar-refractivity contribution in [1.29, 1.82) is 0 Å². The van der Waals surface area contributed by atoms with Gasteiger partial charge in [0.1, 0.15) is 17.5 Å². The molecule has 2 aromatic carbocycles. The predicted molar refractivity (Wildman–Crippen MR) is 127 cm³/mol. The first-order chi connectivity index (χ1) is 16.0. The molecule has 33 heavy (non-hydrogen) atoms. The minimum atomic E-state index is -0.737. The number of nitrogens with zero attached hydrogens (tertiary/aromatic N) is 3. The Morgan fingerprint density at radius 3 is 2.61 bits per heavy atom. The van der Waals surface area contributed by atoms with Crippen molar-refractivity contribution in [2.45, 2.75) is 19.3 Å². The molecular formula is C25H22ClFN4O2. The summed E-state index contributed by atoms with van der Waals surface area (Å²) in [5, 5.41) is 9.56. The van der Waals surface area contributed by atoms with Crippen LogP contribution in [0.3, 0.4) is 0 Å². The number of benzene rings is 2. The van der Waals surface area contributed by atoms with Crippen LogP contribution in [0.1, 0.15) is 19.3 Å². The number of fused-ring (bicyclic) bond motifs is 1. The van der Waals surface area contributed by atoms with Crippen molar-refractivity contribution in [2.24, 2.45) is 5.92 Å². The molecule has 0 aliphatic carbocycles. The van der Waals surface area contributed by atoms with Gasteiger partial charge in [-0.1, -0.05) is 17.7 Å². The number of carboxylic acid groups (broad SMARTS) is 1. The number of hydrogen-bond donors (Lipinski definition) is 2. The fourth-order valence-electron chi connectivity index (χ4n) is 4.35. The van der Waals surface area contributed by atoms with E-state index < -0.39 is 5.97 Å². The maximum absolute atomic E-state index is 15.0. The maximum atomic E-state index is 15.0. The van der Waals surface area contributed by atoms with Crippen LogP contribution in [-0.2, 0) is 4.79 Å². The SMILES string of the molecule is O=C(O)CC1CCN(c2ccc(-c3ccc(-c4nc5ccc(Cl)cc5[nH]4)c(F)c3)cn2)CC1. The average molecular weight is 465 g/mol. The van der Waals surface area contributed by atoms with Gasteiger partial charge in [0.05, 0.1) is 16.6 Å². The number of aliphatic carboxylic acids is 1. The van der Waals surface area contributed by atoms with Gasteiger partial charge in [0, 0.05) is 36.3 Å². The standard InChI is InChI=1S/C25H22ClFN4O2/c26-18-3-5-21-22(13-18)30-25(29-21)19-4-1-16(12-20(19)27)17-2-6-23(28-14-17)31-9-7-15(8-10-31)11-24(32)33/h1-6,12-15H,7-11H2,(H,29,30)(H,32,33). The van der Waals surface area contributed by atoms with Crippen LogP contribution < -0.4 is 4.90 Å². The normalized spacial score (nSPS) is 14.7. The largest absolute Gasteiger partial charge is 0.481 e. The topological polar surface area (TPSA) is 82.1 Å². The third-order valence-corrected chi connectivity index (χ3v) is 6.39. The number of H-pyrrole nitrogens is 1. The van der Waals surface area contributed by atoms with E-state index in [2.05, 4.69) is 19.9 Å². The Labute approximate surface area is 195 Å². The van der Waals surface area contributed by atoms with Crippen molar-refractivity contribution in [3.63, 3.8) is 0 Å². The molecule has 1 saturated heterocycles. The first-order valence-corrected chi connectivity index (χ1v) is 11.2. The molecule has 2 aromatic heterocycles. The van der Waals surface area contributed by atoms with Crippen molar-refractivity contribution >= 4 is 34.4 Å². The molecule has 1 aliphatic rings. The average Bonchev–Trinajstić information content (AvgIpc) is 3.22. The Hall–Kier alpha value is -3.45. The van der Waals surface area contributed by atoms with E-state index >= 15 is 0 Å². The third-order valence-electron chi connectivity index (χ3n) is 6.15. The predicted octanol–water partition coefficient (Wildman–Crippen LogP) is 5.78. The molecule has 1 aliphatic heterocycles. The van der Waals surface area contributed by atoms with Gasteiger partial charge >= 0.3 is 5.97 Å². The number of hydrogen-bond acceptors (Lipinski definition) is 4. The molecule has 2 N–H and O–H groups in total. The first-order valence-electron chi connectivity index (χ1n) is 10.8. The third kappa shape index (κ3) is 4.54. The lowest BCUT2D eigenvalue weighted by atomic mass is 9.93. The maximum Gasteiger partial charge on any atom is 0.303 e. The number of imidazole rings is 1. The summed E-state index contributed by atoms with van der Waals surface area (Å²) in [5.41, 5.74) is 3.42. The number of rotatable bonds is 5. The zero-order chi connectivity index (χ0) is 22.9. The second-order valence-corrected chi connectivity index (χ2v) is 8.81. The molecule has 8 heteroatoms. The van der Waals surface area contributed by atoms with Crippen molar-refractivity contribution < 1.29 is 14.3 Å². The Kier molecular flexibility index (Phi) is 5.72. The fraction of sp³-hybridized carbons (Fsp3) is 0.240. The molecule has 0 atom stereocenters. The Balaban J connectivity index is 1.31. The summed E-state index contributed by atoms with van der Waals surface area (Å²) in [6, 6.07) is 14.2. The highest BCUT2D eigenvalue weighted by Gasteiger charge is 2.22. The molecule has 5 rings (SSSR count). The highest BCUT2D eigenvalue weighted by Crippen LogP contribution is 2.30. The van der Waals surface area contributed by atoms with Gasteiger partial charge in [0.15, 0.2) is 0 Å². The number of carbonyl (C=O) groups is 1. The molecule has 0 spiro atoms. The summed E-state index contributed by atoms with van der Waals surface area (Å²) in [6.07, 6.45) is 3.66. The number of aromatic nitrogens is 3. The summed E-state index contributed by atoms with van der Waals surface area (Å²) in [6.45, 7) is 1.58. The molecular weight excluding hydrogens is 443 g/mol. The van der Waals surface area contributed by atoms with Crippen LogP contribution in [0.4, 0.5) is 10.2 Å². The highest BCUT2D eigenvalue weighted by molar-refractivity contribution is 6.31. The van der Waals surface area contributed by atoms with E-state index in [-0.39, 0.29) is 18.2 Å². The van der Waals surface area contributed by atoms with Crippen LogP contribution in [0, 0.1) is 11.7 Å². The van der Waals surface area contributed by atoms with Gasteiger partial charge < -0.3 is 15.0 Å². The molecule has 0 amide bonds. The van der Waals surface area contributed by atoms with Gasteiger partial charge in [-0.05, 0) is 66.8 Å². The van der Waals surface area contributed by atoms with Crippen molar-refractivity contribution in [3.05, 3.63) is 65.6 Å². The summed E-state index contributed by atoms with van der Waals surface area (Å²) in [5.74, 6) is 0.422. The molecule has 0 unspecified atom stereocenters. The van der Waals surface area contributed by atoms with Gasteiger partial charge in [-0.2, -0.15) is 0 Å². The molecule has 1 fully saturated rings. The van der Waals surface area contributed by atoms with E-state index in [9.17, 15) is 9.18 Å². The van der Waals surface area contributed by atoms with E-state index in [0.29, 0.717) is 16.4 Å². The number of aromatic amines is 1. The van der Waals surface area contributed by atoms with E-state index in [1.54, 1.807) is 30.5 Å². The van der Waals surface area contributed by atoms with Crippen LogP contribution >= 0.6 is 11.6 Å². The minimum absolute atomic E-state index is 0.225. The van der Waals surface area contributed by atoms with Crippen molar-refractivity contribution in [2.75, 3.05) is 18.0 Å². The number of carboxylic acids is 1. The van der Waals surface area contributed by atoms with Crippen molar-refractivity contribution in [3.8, 4) is 22.5 Å². The van der Waals surface area contributed by atoms with E-state index in [1.807, 2.05) is 18.2 Å². The van der Waals surface area contributed by atoms with E-state index in [0.717, 1.165) is 53.9 Å². The van der Waals surface area contributed by atoms with Gasteiger partial charge in [0.2, 0.25) is 0 Å². The Morgan fingerprint density at radius 1 is 1.12 bits per heavy atom. The van der Waals surface area contributed by atoms with Crippen LogP contribution in [0.5, 0.6) is 0 Å².